The predicted octanol–water partition coefficient (Wildman–Crippen LogP) is 3.54. The van der Waals surface area contributed by atoms with Crippen molar-refractivity contribution in [2.75, 3.05) is 13.7 Å². The molecule has 1 N–H and O–H groups in total. The number of esters is 1. The molecule has 1 atom stereocenters. The van der Waals surface area contributed by atoms with Crippen LogP contribution in [0.25, 0.3) is 0 Å². The summed E-state index contributed by atoms with van der Waals surface area (Å²) in [5.74, 6) is 0.0824. The highest BCUT2D eigenvalue weighted by molar-refractivity contribution is 6.32. The van der Waals surface area contributed by atoms with Gasteiger partial charge in [-0.1, -0.05) is 29.8 Å². The van der Waals surface area contributed by atoms with Gasteiger partial charge in [-0.25, -0.2) is 4.79 Å². The first-order chi connectivity index (χ1) is 13.4. The number of methoxy groups -OCH3 is 1. The fourth-order valence-electron chi connectivity index (χ4n) is 3.19. The maximum atomic E-state index is 12.8. The second-order valence-electron chi connectivity index (χ2n) is 6.68. The molecule has 2 aromatic rings. The number of rotatable bonds is 6. The standard InChI is InChI=1S/C21H22ClNO5/c1-4-27-18-16(22)9-13(10-17(18)26-3)12-23-20(25)21(2)11-14-7-5-6-8-15(14)19(24)28-21/h5-10H,4,11-12H2,1-3H3,(H,23,25). The Labute approximate surface area is 168 Å². The first-order valence-electron chi connectivity index (χ1n) is 8.96. The SMILES string of the molecule is CCOc1c(Cl)cc(CNC(=O)C2(C)Cc3ccccc3C(=O)O2)cc1OC. The van der Waals surface area contributed by atoms with Gasteiger partial charge in [0.2, 0.25) is 0 Å². The molecule has 1 aliphatic heterocycles. The molecule has 0 radical (unpaired) electrons. The van der Waals surface area contributed by atoms with E-state index in [0.717, 1.165) is 11.1 Å². The van der Waals surface area contributed by atoms with Crippen LogP contribution in [0.2, 0.25) is 5.02 Å². The molecule has 1 heterocycles. The van der Waals surface area contributed by atoms with Gasteiger partial charge in [0.25, 0.3) is 5.91 Å². The van der Waals surface area contributed by atoms with Gasteiger partial charge in [-0.05, 0) is 43.2 Å². The number of amides is 1. The summed E-state index contributed by atoms with van der Waals surface area (Å²) in [7, 11) is 1.52. The van der Waals surface area contributed by atoms with Crippen molar-refractivity contribution in [1.29, 1.82) is 0 Å². The Hall–Kier alpha value is -2.73. The van der Waals surface area contributed by atoms with Crippen LogP contribution in [0, 0.1) is 0 Å². The Bertz CT molecular complexity index is 914. The zero-order valence-electron chi connectivity index (χ0n) is 16.0. The molecule has 0 aliphatic carbocycles. The molecule has 0 saturated carbocycles. The van der Waals surface area contributed by atoms with Crippen molar-refractivity contribution in [3.63, 3.8) is 0 Å². The highest BCUT2D eigenvalue weighted by Crippen LogP contribution is 2.36. The van der Waals surface area contributed by atoms with Crippen LogP contribution in [0.1, 0.15) is 35.3 Å². The molecule has 2 aromatic carbocycles. The highest BCUT2D eigenvalue weighted by Gasteiger charge is 2.42. The lowest BCUT2D eigenvalue weighted by Crippen LogP contribution is -2.51. The normalized spacial score (nSPS) is 18.1. The lowest BCUT2D eigenvalue weighted by atomic mass is 9.89. The van der Waals surface area contributed by atoms with E-state index in [4.69, 9.17) is 25.8 Å². The number of ether oxygens (including phenoxy) is 3. The Balaban J connectivity index is 1.74. The largest absolute Gasteiger partial charge is 0.493 e. The number of carbonyl (C=O) groups is 2. The van der Waals surface area contributed by atoms with Crippen LogP contribution < -0.4 is 14.8 Å². The number of fused-ring (bicyclic) bond motifs is 1. The third-order valence-corrected chi connectivity index (χ3v) is 4.88. The molecule has 0 fully saturated rings. The molecule has 0 aromatic heterocycles. The lowest BCUT2D eigenvalue weighted by Gasteiger charge is -2.33. The molecule has 0 saturated heterocycles. The van der Waals surface area contributed by atoms with Crippen LogP contribution in [0.15, 0.2) is 36.4 Å². The van der Waals surface area contributed by atoms with Crippen LogP contribution in [0.4, 0.5) is 0 Å². The Morgan fingerprint density at radius 1 is 1.32 bits per heavy atom. The Morgan fingerprint density at radius 2 is 2.07 bits per heavy atom. The number of carbonyl (C=O) groups excluding carboxylic acids is 2. The van der Waals surface area contributed by atoms with E-state index in [1.54, 1.807) is 31.2 Å². The quantitative estimate of drug-likeness (QED) is 0.747. The van der Waals surface area contributed by atoms with Crippen molar-refractivity contribution in [3.05, 3.63) is 58.1 Å². The van der Waals surface area contributed by atoms with Crippen molar-refractivity contribution in [3.8, 4) is 11.5 Å². The summed E-state index contributed by atoms with van der Waals surface area (Å²) in [4.78, 5) is 25.0. The van der Waals surface area contributed by atoms with Gasteiger partial charge in [-0.15, -0.1) is 0 Å². The monoisotopic (exact) mass is 403 g/mol. The van der Waals surface area contributed by atoms with Crippen molar-refractivity contribution in [1.82, 2.24) is 5.32 Å². The van der Waals surface area contributed by atoms with Gasteiger partial charge >= 0.3 is 5.97 Å². The van der Waals surface area contributed by atoms with Crippen LogP contribution in [-0.4, -0.2) is 31.2 Å². The summed E-state index contributed by atoms with van der Waals surface area (Å²) >= 11 is 6.27. The topological polar surface area (TPSA) is 73.9 Å². The third kappa shape index (κ3) is 3.92. The van der Waals surface area contributed by atoms with E-state index in [0.29, 0.717) is 35.1 Å². The molecule has 1 unspecified atom stereocenters. The average molecular weight is 404 g/mol. The molecule has 148 valence electrons. The molecule has 6 nitrogen and oxygen atoms in total. The Morgan fingerprint density at radius 3 is 2.79 bits per heavy atom. The van der Waals surface area contributed by atoms with E-state index in [-0.39, 0.29) is 12.5 Å². The average Bonchev–Trinajstić information content (AvgIpc) is 2.67. The molecule has 0 spiro atoms. The van der Waals surface area contributed by atoms with Gasteiger partial charge in [-0.3, -0.25) is 4.79 Å². The van der Waals surface area contributed by atoms with E-state index < -0.39 is 11.6 Å². The maximum absolute atomic E-state index is 12.8. The van der Waals surface area contributed by atoms with Gasteiger partial charge in [0.15, 0.2) is 17.1 Å². The first-order valence-corrected chi connectivity index (χ1v) is 9.34. The third-order valence-electron chi connectivity index (χ3n) is 4.59. The van der Waals surface area contributed by atoms with Crippen LogP contribution in [0.5, 0.6) is 11.5 Å². The van der Waals surface area contributed by atoms with Gasteiger partial charge in [0, 0.05) is 13.0 Å². The molecule has 7 heteroatoms. The number of nitrogens with one attached hydrogen (secondary N) is 1. The summed E-state index contributed by atoms with van der Waals surface area (Å²) in [5.41, 5.74) is 0.757. The van der Waals surface area contributed by atoms with Gasteiger partial charge in [0.05, 0.1) is 24.3 Å². The first kappa shape index (κ1) is 20.0. The second-order valence-corrected chi connectivity index (χ2v) is 7.09. The van der Waals surface area contributed by atoms with Gasteiger partial charge in [0.1, 0.15) is 0 Å². The number of cyclic esters (lactones) is 1. The zero-order chi connectivity index (χ0) is 20.3. The minimum absolute atomic E-state index is 0.204. The van der Waals surface area contributed by atoms with E-state index in [9.17, 15) is 9.59 Å². The van der Waals surface area contributed by atoms with Crippen molar-refractivity contribution in [2.24, 2.45) is 0 Å². The molecule has 28 heavy (non-hydrogen) atoms. The van der Waals surface area contributed by atoms with Crippen LogP contribution in [-0.2, 0) is 22.5 Å². The second kappa shape index (κ2) is 8.10. The van der Waals surface area contributed by atoms with Crippen LogP contribution in [0.3, 0.4) is 0 Å². The van der Waals surface area contributed by atoms with Crippen LogP contribution >= 0.6 is 11.6 Å². The molecular weight excluding hydrogens is 382 g/mol. The van der Waals surface area contributed by atoms with Gasteiger partial charge in [-0.2, -0.15) is 0 Å². The minimum Gasteiger partial charge on any atom is -0.493 e. The summed E-state index contributed by atoms with van der Waals surface area (Å²) in [6.07, 6.45) is 0.314. The number of benzene rings is 2. The Kier molecular flexibility index (Phi) is 5.79. The maximum Gasteiger partial charge on any atom is 0.339 e. The number of hydrogen-bond donors (Lipinski definition) is 1. The highest BCUT2D eigenvalue weighted by atomic mass is 35.5. The molecule has 0 bridgehead atoms. The number of hydrogen-bond acceptors (Lipinski definition) is 5. The van der Waals surface area contributed by atoms with Crippen molar-refractivity contribution in [2.45, 2.75) is 32.4 Å². The van der Waals surface area contributed by atoms with E-state index in [1.165, 1.54) is 7.11 Å². The van der Waals surface area contributed by atoms with Gasteiger partial charge < -0.3 is 19.5 Å². The molecule has 1 amide bonds. The van der Waals surface area contributed by atoms with Crippen molar-refractivity contribution < 1.29 is 23.8 Å². The molecule has 1 aliphatic rings. The lowest BCUT2D eigenvalue weighted by molar-refractivity contribution is -0.139. The van der Waals surface area contributed by atoms with Crippen molar-refractivity contribution >= 4 is 23.5 Å². The van der Waals surface area contributed by atoms with E-state index >= 15 is 0 Å². The summed E-state index contributed by atoms with van der Waals surface area (Å²) in [5, 5.41) is 3.22. The summed E-state index contributed by atoms with van der Waals surface area (Å²) in [6.45, 7) is 4.13. The number of halogens is 1. The zero-order valence-corrected chi connectivity index (χ0v) is 16.8. The summed E-state index contributed by atoms with van der Waals surface area (Å²) in [6, 6.07) is 10.6. The fourth-order valence-corrected chi connectivity index (χ4v) is 3.48. The molecular formula is C21H22ClNO5. The predicted molar refractivity (Wildman–Crippen MR) is 105 cm³/mol. The van der Waals surface area contributed by atoms with E-state index in [1.807, 2.05) is 19.1 Å². The summed E-state index contributed by atoms with van der Waals surface area (Å²) < 4.78 is 16.3. The smallest absolute Gasteiger partial charge is 0.339 e. The minimum atomic E-state index is -1.27. The van der Waals surface area contributed by atoms with E-state index in [2.05, 4.69) is 5.32 Å². The fraction of sp³-hybridized carbons (Fsp3) is 0.333. The molecule has 3 rings (SSSR count).